The lowest BCUT2D eigenvalue weighted by Gasteiger charge is -2.16. The summed E-state index contributed by atoms with van der Waals surface area (Å²) in [6, 6.07) is 1.46. The Labute approximate surface area is 96.1 Å². The Hall–Kier alpha value is -1.56. The smallest absolute Gasteiger partial charge is 0.315 e. The van der Waals surface area contributed by atoms with E-state index in [0.717, 1.165) is 5.56 Å². The van der Waals surface area contributed by atoms with Gasteiger partial charge in [-0.3, -0.25) is 0 Å². The van der Waals surface area contributed by atoms with E-state index in [2.05, 4.69) is 4.98 Å². The third-order valence-corrected chi connectivity index (χ3v) is 2.71. The van der Waals surface area contributed by atoms with Crippen molar-refractivity contribution in [2.75, 3.05) is 0 Å². The van der Waals surface area contributed by atoms with Crippen LogP contribution in [0.2, 0.25) is 0 Å². The van der Waals surface area contributed by atoms with E-state index >= 15 is 0 Å². The normalized spacial score (nSPS) is 14.2. The highest BCUT2D eigenvalue weighted by molar-refractivity contribution is 5.50. The van der Waals surface area contributed by atoms with Gasteiger partial charge in [-0.05, 0) is 25.5 Å². The first-order valence-corrected chi connectivity index (χ1v) is 5.09. The summed E-state index contributed by atoms with van der Waals surface area (Å²) < 4.78 is 39.4. The van der Waals surface area contributed by atoms with Gasteiger partial charge in [0.1, 0.15) is 11.7 Å². The molecule has 0 fully saturated rings. The lowest BCUT2D eigenvalue weighted by molar-refractivity contribution is -0.150. The third-order valence-electron chi connectivity index (χ3n) is 2.71. The fourth-order valence-corrected chi connectivity index (χ4v) is 1.87. The maximum absolute atomic E-state index is 12.7. The van der Waals surface area contributed by atoms with Crippen LogP contribution in [0.5, 0.6) is 0 Å². The molecule has 2 aromatic rings. The monoisotopic (exact) mass is 243 g/mol. The van der Waals surface area contributed by atoms with Crippen LogP contribution in [-0.4, -0.2) is 15.6 Å². The molecule has 0 aliphatic carbocycles. The number of aromatic nitrogens is 2. The molecule has 0 aromatic carbocycles. The minimum Gasteiger partial charge on any atom is -0.315 e. The Bertz CT molecular complexity index is 557. The number of nitrogens with zero attached hydrogens (tertiary/aromatic N) is 2. The Kier molecular flexibility index (Phi) is 2.61. The molecule has 2 aromatic heterocycles. The van der Waals surface area contributed by atoms with E-state index in [9.17, 15) is 13.2 Å². The SMILES string of the molecule is Cc1nc2c(C)cccn2c1C(N)C(F)(F)F. The van der Waals surface area contributed by atoms with Crippen LogP contribution in [-0.2, 0) is 0 Å². The van der Waals surface area contributed by atoms with Crippen LogP contribution in [0.3, 0.4) is 0 Å². The van der Waals surface area contributed by atoms with Crippen LogP contribution >= 0.6 is 0 Å². The van der Waals surface area contributed by atoms with Crippen LogP contribution in [0.1, 0.15) is 23.0 Å². The first-order valence-electron chi connectivity index (χ1n) is 5.09. The zero-order chi connectivity index (χ0) is 12.8. The Morgan fingerprint density at radius 2 is 2.00 bits per heavy atom. The zero-order valence-corrected chi connectivity index (χ0v) is 9.42. The van der Waals surface area contributed by atoms with Gasteiger partial charge in [-0.1, -0.05) is 6.07 Å². The van der Waals surface area contributed by atoms with E-state index in [1.807, 2.05) is 0 Å². The van der Waals surface area contributed by atoms with Gasteiger partial charge in [0.05, 0.1) is 11.4 Å². The molecule has 0 saturated carbocycles. The maximum atomic E-state index is 12.7. The summed E-state index contributed by atoms with van der Waals surface area (Å²) in [5.74, 6) is 0. The lowest BCUT2D eigenvalue weighted by Crippen LogP contribution is -2.30. The summed E-state index contributed by atoms with van der Waals surface area (Å²) in [6.07, 6.45) is -2.92. The second-order valence-electron chi connectivity index (χ2n) is 3.99. The van der Waals surface area contributed by atoms with Crippen molar-refractivity contribution in [2.24, 2.45) is 5.73 Å². The maximum Gasteiger partial charge on any atom is 0.409 e. The van der Waals surface area contributed by atoms with E-state index in [1.165, 1.54) is 11.3 Å². The van der Waals surface area contributed by atoms with Crippen molar-refractivity contribution in [3.8, 4) is 0 Å². The molecule has 0 aliphatic rings. The van der Waals surface area contributed by atoms with Crippen molar-refractivity contribution < 1.29 is 13.2 Å². The minimum absolute atomic E-state index is 0.00352. The number of hydrogen-bond donors (Lipinski definition) is 1. The highest BCUT2D eigenvalue weighted by Crippen LogP contribution is 2.32. The molecular formula is C11H12F3N3. The van der Waals surface area contributed by atoms with Gasteiger partial charge in [0.15, 0.2) is 0 Å². The van der Waals surface area contributed by atoms with Gasteiger partial charge in [-0.25, -0.2) is 4.98 Å². The van der Waals surface area contributed by atoms with Crippen LogP contribution < -0.4 is 5.73 Å². The van der Waals surface area contributed by atoms with Crippen molar-refractivity contribution in [1.29, 1.82) is 0 Å². The number of rotatable bonds is 1. The molecule has 1 atom stereocenters. The van der Waals surface area contributed by atoms with Crippen LogP contribution in [0.4, 0.5) is 13.2 Å². The topological polar surface area (TPSA) is 43.3 Å². The summed E-state index contributed by atoms with van der Waals surface area (Å²) in [7, 11) is 0. The van der Waals surface area contributed by atoms with Crippen LogP contribution in [0.15, 0.2) is 18.3 Å². The Morgan fingerprint density at radius 1 is 1.35 bits per heavy atom. The second-order valence-corrected chi connectivity index (χ2v) is 3.99. The molecule has 2 N–H and O–H groups in total. The van der Waals surface area contributed by atoms with Crippen LogP contribution in [0, 0.1) is 13.8 Å². The molecule has 3 nitrogen and oxygen atoms in total. The number of halogens is 3. The van der Waals surface area contributed by atoms with Gasteiger partial charge in [0.25, 0.3) is 0 Å². The first-order chi connectivity index (χ1) is 7.82. The average Bonchev–Trinajstić information content (AvgIpc) is 2.54. The number of imidazole rings is 1. The van der Waals surface area contributed by atoms with Gasteiger partial charge in [0.2, 0.25) is 0 Å². The van der Waals surface area contributed by atoms with Gasteiger partial charge < -0.3 is 10.1 Å². The predicted molar refractivity (Wildman–Crippen MR) is 57.6 cm³/mol. The van der Waals surface area contributed by atoms with Gasteiger partial charge in [-0.15, -0.1) is 0 Å². The molecule has 92 valence electrons. The third kappa shape index (κ3) is 1.88. The summed E-state index contributed by atoms with van der Waals surface area (Å²) in [5.41, 5.74) is 6.88. The molecule has 0 saturated heterocycles. The highest BCUT2D eigenvalue weighted by atomic mass is 19.4. The number of fused-ring (bicyclic) bond motifs is 1. The number of hydrogen-bond acceptors (Lipinski definition) is 2. The van der Waals surface area contributed by atoms with Crippen molar-refractivity contribution in [3.63, 3.8) is 0 Å². The number of pyridine rings is 1. The van der Waals surface area contributed by atoms with E-state index < -0.39 is 12.2 Å². The minimum atomic E-state index is -4.47. The fraction of sp³-hybridized carbons (Fsp3) is 0.364. The molecule has 0 spiro atoms. The molecule has 0 aliphatic heterocycles. The summed E-state index contributed by atoms with van der Waals surface area (Å²) in [4.78, 5) is 4.13. The number of nitrogens with two attached hydrogens (primary N) is 1. The van der Waals surface area contributed by atoms with Crippen molar-refractivity contribution in [2.45, 2.75) is 26.1 Å². The summed E-state index contributed by atoms with van der Waals surface area (Å²) >= 11 is 0. The van der Waals surface area contributed by atoms with Gasteiger partial charge >= 0.3 is 6.18 Å². The standard InChI is InChI=1S/C11H12F3N3/c1-6-4-3-5-17-8(7(2)16-10(6)17)9(15)11(12,13)14/h3-5,9H,15H2,1-2H3. The largest absolute Gasteiger partial charge is 0.409 e. The zero-order valence-electron chi connectivity index (χ0n) is 9.42. The summed E-state index contributed by atoms with van der Waals surface area (Å²) in [6.45, 7) is 3.33. The quantitative estimate of drug-likeness (QED) is 0.836. The first kappa shape index (κ1) is 11.9. The van der Waals surface area contributed by atoms with Crippen LogP contribution in [0.25, 0.3) is 5.65 Å². The Morgan fingerprint density at radius 3 is 2.59 bits per heavy atom. The van der Waals surface area contributed by atoms with E-state index in [4.69, 9.17) is 5.73 Å². The molecule has 0 amide bonds. The molecule has 6 heteroatoms. The van der Waals surface area contributed by atoms with Gasteiger partial charge in [0, 0.05) is 6.20 Å². The van der Waals surface area contributed by atoms with E-state index in [1.54, 1.807) is 25.3 Å². The van der Waals surface area contributed by atoms with E-state index in [0.29, 0.717) is 11.3 Å². The summed E-state index contributed by atoms with van der Waals surface area (Å²) in [5, 5.41) is 0. The molecule has 0 bridgehead atoms. The second kappa shape index (κ2) is 3.73. The number of alkyl halides is 3. The predicted octanol–water partition coefficient (Wildman–Crippen LogP) is 2.51. The highest BCUT2D eigenvalue weighted by Gasteiger charge is 2.40. The van der Waals surface area contributed by atoms with Crippen molar-refractivity contribution in [1.82, 2.24) is 9.38 Å². The molecule has 1 unspecified atom stereocenters. The van der Waals surface area contributed by atoms with Gasteiger partial charge in [-0.2, -0.15) is 13.2 Å². The van der Waals surface area contributed by atoms with Crippen molar-refractivity contribution in [3.05, 3.63) is 35.3 Å². The molecule has 2 rings (SSSR count). The molecule has 2 heterocycles. The lowest BCUT2D eigenvalue weighted by atomic mass is 10.2. The molecular weight excluding hydrogens is 231 g/mol. The number of aryl methyl sites for hydroxylation is 2. The Balaban J connectivity index is 2.70. The average molecular weight is 243 g/mol. The van der Waals surface area contributed by atoms with Crippen molar-refractivity contribution >= 4 is 5.65 Å². The molecule has 17 heavy (non-hydrogen) atoms. The fourth-order valence-electron chi connectivity index (χ4n) is 1.87. The molecule has 0 radical (unpaired) electrons. The van der Waals surface area contributed by atoms with E-state index in [-0.39, 0.29) is 5.69 Å².